The molecule has 5 fully saturated rings. The van der Waals surface area contributed by atoms with E-state index in [-0.39, 0.29) is 0 Å². The Bertz CT molecular complexity index is 780. The lowest BCUT2D eigenvalue weighted by Crippen LogP contribution is -2.60. The molecule has 0 unspecified atom stereocenters. The van der Waals surface area contributed by atoms with Crippen molar-refractivity contribution in [2.45, 2.75) is 44.7 Å². The molecule has 28 heavy (non-hydrogen) atoms. The van der Waals surface area contributed by atoms with E-state index in [1.165, 1.54) is 37.4 Å². The van der Waals surface area contributed by atoms with Gasteiger partial charge in [-0.25, -0.2) is 4.98 Å². The van der Waals surface area contributed by atoms with Crippen molar-refractivity contribution < 1.29 is 0 Å². The summed E-state index contributed by atoms with van der Waals surface area (Å²) < 4.78 is 0. The van der Waals surface area contributed by atoms with Crippen LogP contribution in [0.15, 0.2) is 35.7 Å². The zero-order chi connectivity index (χ0) is 18.5. The summed E-state index contributed by atoms with van der Waals surface area (Å²) in [6, 6.07) is 11.5. The third-order valence-corrected chi connectivity index (χ3v) is 8.90. The summed E-state index contributed by atoms with van der Waals surface area (Å²) in [6.07, 6.45) is 7.72. The highest BCUT2D eigenvalue weighted by atomic mass is 32.1. The van der Waals surface area contributed by atoms with Gasteiger partial charge in [0, 0.05) is 49.7 Å². The molecule has 4 heteroatoms. The normalized spacial score (nSPS) is 35.5. The van der Waals surface area contributed by atoms with E-state index >= 15 is 0 Å². The smallest absolute Gasteiger partial charge is 0.123 e. The van der Waals surface area contributed by atoms with Gasteiger partial charge in [0.2, 0.25) is 0 Å². The quantitative estimate of drug-likeness (QED) is 0.747. The zero-order valence-corrected chi connectivity index (χ0v) is 17.5. The summed E-state index contributed by atoms with van der Waals surface area (Å²) in [5, 5.41) is 3.41. The van der Waals surface area contributed by atoms with Crippen LogP contribution in [0, 0.1) is 23.7 Å². The largest absolute Gasteiger partial charge is 0.297 e. The van der Waals surface area contributed by atoms with Crippen LogP contribution in [0.2, 0.25) is 0 Å². The van der Waals surface area contributed by atoms with Crippen LogP contribution in [0.5, 0.6) is 0 Å². The first-order chi connectivity index (χ1) is 13.8. The second-order valence-electron chi connectivity index (χ2n) is 9.74. The van der Waals surface area contributed by atoms with Crippen molar-refractivity contribution in [1.82, 2.24) is 14.8 Å². The van der Waals surface area contributed by atoms with Crippen molar-refractivity contribution in [1.29, 1.82) is 0 Å². The van der Waals surface area contributed by atoms with E-state index in [1.807, 2.05) is 0 Å². The Kier molecular flexibility index (Phi) is 4.55. The predicted molar refractivity (Wildman–Crippen MR) is 115 cm³/mol. The number of hydrogen-bond donors (Lipinski definition) is 0. The van der Waals surface area contributed by atoms with Crippen LogP contribution < -0.4 is 0 Å². The molecule has 1 aromatic carbocycles. The number of aromatic nitrogens is 1. The van der Waals surface area contributed by atoms with Crippen molar-refractivity contribution >= 4 is 11.3 Å². The summed E-state index contributed by atoms with van der Waals surface area (Å²) in [6.45, 7) is 5.96. The van der Waals surface area contributed by atoms with Gasteiger partial charge >= 0.3 is 0 Å². The fraction of sp³-hybridized carbons (Fsp3) is 0.625. The molecule has 1 aromatic heterocycles. The van der Waals surface area contributed by atoms with Gasteiger partial charge in [-0.2, -0.15) is 0 Å². The van der Waals surface area contributed by atoms with Crippen LogP contribution in [-0.2, 0) is 6.54 Å². The Morgan fingerprint density at radius 2 is 1.54 bits per heavy atom. The molecule has 2 aromatic rings. The maximum atomic E-state index is 4.91. The van der Waals surface area contributed by atoms with E-state index in [0.717, 1.165) is 41.3 Å². The van der Waals surface area contributed by atoms with E-state index in [0.29, 0.717) is 0 Å². The third-order valence-electron chi connectivity index (χ3n) is 7.96. The standard InChI is InChI=1S/C24H31N3S/c1-2-4-19(5-3-1)24-25-22(16-28-24)15-26-6-8-27(9-7-26)23-20-11-17-10-18(13-20)14-21(23)12-17/h1-5,16-18,20-21,23H,6-15H2. The minimum absolute atomic E-state index is 0.916. The van der Waals surface area contributed by atoms with Gasteiger partial charge < -0.3 is 0 Å². The van der Waals surface area contributed by atoms with E-state index in [4.69, 9.17) is 4.98 Å². The molecule has 1 aliphatic heterocycles. The monoisotopic (exact) mass is 393 g/mol. The molecule has 0 spiro atoms. The maximum Gasteiger partial charge on any atom is 0.123 e. The molecular weight excluding hydrogens is 362 g/mol. The Morgan fingerprint density at radius 1 is 0.857 bits per heavy atom. The van der Waals surface area contributed by atoms with Crippen molar-refractivity contribution in [3.05, 3.63) is 41.4 Å². The molecule has 3 nitrogen and oxygen atoms in total. The predicted octanol–water partition coefficient (Wildman–Crippen LogP) is 4.75. The van der Waals surface area contributed by atoms with Crippen LogP contribution in [0.1, 0.15) is 37.8 Å². The molecule has 4 aliphatic carbocycles. The summed E-state index contributed by atoms with van der Waals surface area (Å²) >= 11 is 1.78. The number of rotatable bonds is 4. The number of benzene rings is 1. The Labute approximate surface area is 172 Å². The van der Waals surface area contributed by atoms with Crippen LogP contribution in [0.25, 0.3) is 10.6 Å². The second-order valence-corrected chi connectivity index (χ2v) is 10.6. The molecular formula is C24H31N3S. The topological polar surface area (TPSA) is 19.4 Å². The van der Waals surface area contributed by atoms with E-state index in [2.05, 4.69) is 45.5 Å². The molecule has 4 saturated carbocycles. The first-order valence-electron chi connectivity index (χ1n) is 11.3. The Balaban J connectivity index is 1.06. The van der Waals surface area contributed by atoms with Crippen molar-refractivity contribution in [2.75, 3.05) is 26.2 Å². The first-order valence-corrected chi connectivity index (χ1v) is 12.2. The van der Waals surface area contributed by atoms with Crippen LogP contribution in [0.4, 0.5) is 0 Å². The fourth-order valence-corrected chi connectivity index (χ4v) is 7.85. The maximum absolute atomic E-state index is 4.91. The third kappa shape index (κ3) is 3.24. The first kappa shape index (κ1) is 17.6. The Morgan fingerprint density at radius 3 is 2.21 bits per heavy atom. The average molecular weight is 394 g/mol. The molecule has 7 rings (SSSR count). The van der Waals surface area contributed by atoms with Gasteiger partial charge in [0.15, 0.2) is 0 Å². The minimum atomic E-state index is 0.916. The molecule has 0 radical (unpaired) electrons. The number of thiazole rings is 1. The SMILES string of the molecule is c1ccc(-c2nc(CN3CCN(C4C5CC6CC(C5)CC4C6)CC3)cs2)cc1. The van der Waals surface area contributed by atoms with Gasteiger partial charge in [-0.1, -0.05) is 30.3 Å². The van der Waals surface area contributed by atoms with Gasteiger partial charge in [0.05, 0.1) is 5.69 Å². The molecule has 148 valence electrons. The van der Waals surface area contributed by atoms with Gasteiger partial charge in [-0.05, 0) is 55.8 Å². The van der Waals surface area contributed by atoms with Crippen molar-refractivity contribution in [2.24, 2.45) is 23.7 Å². The average Bonchev–Trinajstić information content (AvgIpc) is 3.18. The van der Waals surface area contributed by atoms with Gasteiger partial charge in [0.1, 0.15) is 5.01 Å². The highest BCUT2D eigenvalue weighted by Crippen LogP contribution is 2.55. The molecule has 0 amide bonds. The molecule has 0 N–H and O–H groups in total. The van der Waals surface area contributed by atoms with E-state index in [1.54, 1.807) is 43.4 Å². The highest BCUT2D eigenvalue weighted by molar-refractivity contribution is 7.13. The van der Waals surface area contributed by atoms with Crippen molar-refractivity contribution in [3.63, 3.8) is 0 Å². The summed E-state index contributed by atoms with van der Waals surface area (Å²) in [5.41, 5.74) is 2.48. The fourth-order valence-electron chi connectivity index (χ4n) is 7.03. The van der Waals surface area contributed by atoms with Gasteiger partial charge in [-0.15, -0.1) is 11.3 Å². The number of piperazine rings is 1. The molecule has 5 aliphatic rings. The highest BCUT2D eigenvalue weighted by Gasteiger charge is 2.50. The lowest BCUT2D eigenvalue weighted by atomic mass is 9.54. The van der Waals surface area contributed by atoms with Gasteiger partial charge in [-0.3, -0.25) is 9.80 Å². The number of nitrogens with zero attached hydrogens (tertiary/aromatic N) is 3. The van der Waals surface area contributed by atoms with Crippen LogP contribution in [0.3, 0.4) is 0 Å². The van der Waals surface area contributed by atoms with Crippen LogP contribution >= 0.6 is 11.3 Å². The molecule has 2 heterocycles. The lowest BCUT2D eigenvalue weighted by molar-refractivity contribution is -0.0769. The summed E-state index contributed by atoms with van der Waals surface area (Å²) in [5.74, 6) is 4.22. The van der Waals surface area contributed by atoms with Crippen LogP contribution in [-0.4, -0.2) is 47.0 Å². The second kappa shape index (κ2) is 7.23. The van der Waals surface area contributed by atoms with E-state index < -0.39 is 0 Å². The number of hydrogen-bond acceptors (Lipinski definition) is 4. The van der Waals surface area contributed by atoms with Crippen molar-refractivity contribution in [3.8, 4) is 10.6 Å². The Hall–Kier alpha value is -1.23. The van der Waals surface area contributed by atoms with Gasteiger partial charge in [0.25, 0.3) is 0 Å². The molecule has 4 bridgehead atoms. The zero-order valence-electron chi connectivity index (χ0n) is 16.7. The van der Waals surface area contributed by atoms with E-state index in [9.17, 15) is 0 Å². The summed E-state index contributed by atoms with van der Waals surface area (Å²) in [7, 11) is 0. The molecule has 0 atom stereocenters. The lowest BCUT2D eigenvalue weighted by Gasteiger charge is -2.58. The summed E-state index contributed by atoms with van der Waals surface area (Å²) in [4.78, 5) is 10.4. The molecule has 1 saturated heterocycles. The minimum Gasteiger partial charge on any atom is -0.297 e.